The molecule has 0 atom stereocenters. The van der Waals surface area contributed by atoms with Gasteiger partial charge in [-0.1, -0.05) is 48.5 Å². The second kappa shape index (κ2) is 9.13. The molecule has 0 bridgehead atoms. The molecule has 0 spiro atoms. The number of para-hydroxylation sites is 1. The maximum atomic E-state index is 13.0. The Hall–Kier alpha value is -2.81. The van der Waals surface area contributed by atoms with Gasteiger partial charge in [-0.3, -0.25) is 9.69 Å². The second-order valence-corrected chi connectivity index (χ2v) is 9.11. The third-order valence-electron chi connectivity index (χ3n) is 4.09. The van der Waals surface area contributed by atoms with Crippen LogP contribution in [0.4, 0.5) is 10.8 Å². The molecule has 8 heteroatoms. The molecular formula is C21H21N3O3S2. The summed E-state index contributed by atoms with van der Waals surface area (Å²) in [6.07, 6.45) is 1.51. The summed E-state index contributed by atoms with van der Waals surface area (Å²) in [5.74, 6) is -0.385. The number of amides is 1. The van der Waals surface area contributed by atoms with Crippen LogP contribution >= 0.6 is 11.3 Å². The quantitative estimate of drug-likeness (QED) is 0.570. The summed E-state index contributed by atoms with van der Waals surface area (Å²) >= 11 is 1.33. The third-order valence-corrected chi connectivity index (χ3v) is 6.51. The van der Waals surface area contributed by atoms with Gasteiger partial charge in [0.1, 0.15) is 0 Å². The van der Waals surface area contributed by atoms with E-state index in [9.17, 15) is 13.2 Å². The molecule has 3 rings (SSSR count). The van der Waals surface area contributed by atoms with Crippen LogP contribution in [0.25, 0.3) is 6.08 Å². The Balaban J connectivity index is 1.81. The summed E-state index contributed by atoms with van der Waals surface area (Å²) in [6.45, 7) is 1.54. The van der Waals surface area contributed by atoms with Crippen LogP contribution in [0.5, 0.6) is 0 Å². The van der Waals surface area contributed by atoms with Crippen molar-refractivity contribution in [2.45, 2.75) is 6.92 Å². The van der Waals surface area contributed by atoms with Gasteiger partial charge in [0.05, 0.1) is 17.9 Å². The van der Waals surface area contributed by atoms with Gasteiger partial charge >= 0.3 is 0 Å². The molecule has 0 unspecified atom stereocenters. The Morgan fingerprint density at radius 3 is 2.28 bits per heavy atom. The van der Waals surface area contributed by atoms with Crippen LogP contribution in [0.15, 0.2) is 71.5 Å². The first-order chi connectivity index (χ1) is 13.9. The molecular weight excluding hydrogens is 406 g/mol. The van der Waals surface area contributed by atoms with Crippen LogP contribution in [-0.4, -0.2) is 37.2 Å². The average molecular weight is 428 g/mol. The average Bonchev–Trinajstić information content (AvgIpc) is 3.14. The van der Waals surface area contributed by atoms with Crippen LogP contribution < -0.4 is 4.90 Å². The van der Waals surface area contributed by atoms with Gasteiger partial charge in [-0.05, 0) is 30.7 Å². The fourth-order valence-electron chi connectivity index (χ4n) is 2.57. The van der Waals surface area contributed by atoms with E-state index in [2.05, 4.69) is 4.98 Å². The highest BCUT2D eigenvalue weighted by Crippen LogP contribution is 2.28. The SMILES string of the molecule is Cc1csc(N(C(=O)CN(C)S(=O)(=O)C=Cc2ccccc2)c2ccccc2)n1. The molecule has 0 aliphatic carbocycles. The first kappa shape index (κ1) is 20.9. The smallest absolute Gasteiger partial charge is 0.248 e. The molecule has 0 saturated heterocycles. The fraction of sp³-hybridized carbons (Fsp3) is 0.143. The van der Waals surface area contributed by atoms with Gasteiger partial charge in [-0.25, -0.2) is 13.4 Å². The number of likely N-dealkylation sites (N-methyl/N-ethyl adjacent to an activating group) is 1. The molecule has 0 aliphatic rings. The summed E-state index contributed by atoms with van der Waals surface area (Å²) < 4.78 is 26.2. The van der Waals surface area contributed by atoms with Gasteiger partial charge in [0.25, 0.3) is 0 Å². The van der Waals surface area contributed by atoms with Gasteiger partial charge in [0.2, 0.25) is 15.9 Å². The van der Waals surface area contributed by atoms with Crippen molar-refractivity contribution in [1.29, 1.82) is 0 Å². The van der Waals surface area contributed by atoms with Crippen molar-refractivity contribution in [3.63, 3.8) is 0 Å². The van der Waals surface area contributed by atoms with E-state index >= 15 is 0 Å². The highest BCUT2D eigenvalue weighted by atomic mass is 32.2. The minimum absolute atomic E-state index is 0.311. The summed E-state index contributed by atoms with van der Waals surface area (Å²) in [4.78, 5) is 18.9. The first-order valence-corrected chi connectivity index (χ1v) is 11.2. The first-order valence-electron chi connectivity index (χ1n) is 8.86. The largest absolute Gasteiger partial charge is 0.272 e. The van der Waals surface area contributed by atoms with E-state index in [0.717, 1.165) is 21.0 Å². The van der Waals surface area contributed by atoms with Crippen LogP contribution in [0.2, 0.25) is 0 Å². The predicted octanol–water partition coefficient (Wildman–Crippen LogP) is 4.05. The Labute approximate surface area is 174 Å². The third kappa shape index (κ3) is 5.38. The number of aryl methyl sites for hydroxylation is 1. The lowest BCUT2D eigenvalue weighted by molar-refractivity contribution is -0.117. The Kier molecular flexibility index (Phi) is 6.58. The number of aromatic nitrogens is 1. The lowest BCUT2D eigenvalue weighted by Crippen LogP contribution is -2.38. The van der Waals surface area contributed by atoms with Crippen molar-refractivity contribution in [3.8, 4) is 0 Å². The van der Waals surface area contributed by atoms with E-state index < -0.39 is 10.0 Å². The van der Waals surface area contributed by atoms with Crippen molar-refractivity contribution in [3.05, 3.63) is 82.7 Å². The van der Waals surface area contributed by atoms with Crippen LogP contribution in [-0.2, 0) is 14.8 Å². The molecule has 0 saturated carbocycles. The number of thiazole rings is 1. The van der Waals surface area contributed by atoms with Crippen molar-refractivity contribution >= 4 is 44.2 Å². The van der Waals surface area contributed by atoms with E-state index in [1.54, 1.807) is 24.3 Å². The zero-order valence-electron chi connectivity index (χ0n) is 16.1. The molecule has 1 aromatic heterocycles. The molecule has 3 aromatic rings. The highest BCUT2D eigenvalue weighted by molar-refractivity contribution is 7.92. The summed E-state index contributed by atoms with van der Waals surface area (Å²) in [7, 11) is -2.37. The zero-order chi connectivity index (χ0) is 20.9. The number of nitrogens with zero attached hydrogens (tertiary/aromatic N) is 3. The number of sulfonamides is 1. The van der Waals surface area contributed by atoms with E-state index in [-0.39, 0.29) is 12.5 Å². The molecule has 0 aliphatic heterocycles. The number of anilines is 2. The minimum Gasteiger partial charge on any atom is -0.272 e. The van der Waals surface area contributed by atoms with Crippen LogP contribution in [0, 0.1) is 6.92 Å². The minimum atomic E-state index is -3.76. The van der Waals surface area contributed by atoms with Gasteiger partial charge in [0.15, 0.2) is 5.13 Å². The van der Waals surface area contributed by atoms with Gasteiger partial charge in [-0.2, -0.15) is 4.31 Å². The van der Waals surface area contributed by atoms with E-state index in [1.165, 1.54) is 29.4 Å². The molecule has 150 valence electrons. The molecule has 1 heterocycles. The number of benzene rings is 2. The lowest BCUT2D eigenvalue weighted by atomic mass is 10.2. The normalized spacial score (nSPS) is 11.8. The topological polar surface area (TPSA) is 70.6 Å². The Morgan fingerprint density at radius 2 is 1.69 bits per heavy atom. The highest BCUT2D eigenvalue weighted by Gasteiger charge is 2.25. The number of carbonyl (C=O) groups is 1. The monoisotopic (exact) mass is 427 g/mol. The molecule has 2 aromatic carbocycles. The Morgan fingerprint density at radius 1 is 1.07 bits per heavy atom. The number of carbonyl (C=O) groups excluding carboxylic acids is 1. The number of hydrogen-bond donors (Lipinski definition) is 0. The Bertz CT molecular complexity index is 1090. The van der Waals surface area contributed by atoms with Crippen LogP contribution in [0.1, 0.15) is 11.3 Å². The molecule has 0 radical (unpaired) electrons. The van der Waals surface area contributed by atoms with Crippen molar-refractivity contribution in [1.82, 2.24) is 9.29 Å². The molecule has 29 heavy (non-hydrogen) atoms. The molecule has 1 amide bonds. The van der Waals surface area contributed by atoms with E-state index in [0.29, 0.717) is 10.8 Å². The van der Waals surface area contributed by atoms with E-state index in [1.807, 2.05) is 48.7 Å². The second-order valence-electron chi connectivity index (χ2n) is 6.35. The summed E-state index contributed by atoms with van der Waals surface area (Å²) in [5.41, 5.74) is 2.20. The summed E-state index contributed by atoms with van der Waals surface area (Å²) in [6, 6.07) is 18.2. The van der Waals surface area contributed by atoms with Crippen molar-refractivity contribution in [2.24, 2.45) is 0 Å². The molecule has 0 fully saturated rings. The predicted molar refractivity (Wildman–Crippen MR) is 117 cm³/mol. The maximum Gasteiger partial charge on any atom is 0.248 e. The molecule has 6 nitrogen and oxygen atoms in total. The van der Waals surface area contributed by atoms with E-state index in [4.69, 9.17) is 0 Å². The van der Waals surface area contributed by atoms with Gasteiger partial charge in [-0.15, -0.1) is 11.3 Å². The standard InChI is InChI=1S/C21H21N3O3S2/c1-17-16-28-21(22-17)24(19-11-7-4-8-12-19)20(25)15-23(2)29(26,27)14-13-18-9-5-3-6-10-18/h3-14,16H,15H2,1-2H3. The molecule has 0 N–H and O–H groups in total. The van der Waals surface area contributed by atoms with Gasteiger partial charge in [0, 0.05) is 17.8 Å². The van der Waals surface area contributed by atoms with Crippen molar-refractivity contribution < 1.29 is 13.2 Å². The fourth-order valence-corrected chi connectivity index (χ4v) is 4.23. The number of rotatable bonds is 7. The van der Waals surface area contributed by atoms with Crippen LogP contribution in [0.3, 0.4) is 0 Å². The van der Waals surface area contributed by atoms with Crippen molar-refractivity contribution in [2.75, 3.05) is 18.5 Å². The summed E-state index contributed by atoms with van der Waals surface area (Å²) in [5, 5.41) is 3.46. The lowest BCUT2D eigenvalue weighted by Gasteiger charge is -2.22. The maximum absolute atomic E-state index is 13.0. The zero-order valence-corrected chi connectivity index (χ0v) is 17.7. The number of hydrogen-bond acceptors (Lipinski definition) is 5. The van der Waals surface area contributed by atoms with Gasteiger partial charge < -0.3 is 0 Å².